The molecule has 0 radical (unpaired) electrons. The number of amides is 1. The number of aromatic nitrogens is 1. The number of hydrogen-bond donors (Lipinski definition) is 1. The van der Waals surface area contributed by atoms with Crippen LogP contribution in [-0.4, -0.2) is 22.0 Å². The summed E-state index contributed by atoms with van der Waals surface area (Å²) in [6.45, 7) is 0. The number of carbonyl (C=O) groups is 1. The molecule has 0 fully saturated rings. The van der Waals surface area contributed by atoms with Crippen LogP contribution < -0.4 is 5.43 Å². The van der Waals surface area contributed by atoms with Crippen molar-refractivity contribution >= 4 is 40.4 Å². The van der Waals surface area contributed by atoms with Crippen LogP contribution in [0.4, 0.5) is 5.88 Å². The molecule has 2 aromatic heterocycles. The number of hydrogen-bond acceptors (Lipinski definition) is 6. The van der Waals surface area contributed by atoms with E-state index in [0.29, 0.717) is 5.56 Å². The summed E-state index contributed by atoms with van der Waals surface area (Å²) in [6.07, 6.45) is 1.16. The molecule has 0 saturated carbocycles. The molecule has 148 valence electrons. The van der Waals surface area contributed by atoms with Gasteiger partial charge in [-0.05, 0) is 17.0 Å². The van der Waals surface area contributed by atoms with Crippen molar-refractivity contribution in [3.63, 3.8) is 0 Å². The highest BCUT2D eigenvalue weighted by Gasteiger charge is 2.20. The molecule has 4 aromatic rings. The zero-order valence-electron chi connectivity index (χ0n) is 15.3. The zero-order chi connectivity index (χ0) is 21.1. The maximum Gasteiger partial charge on any atom is 0.433 e. The molecule has 0 spiro atoms. The minimum atomic E-state index is -0.664. The fourth-order valence-corrected chi connectivity index (χ4v) is 3.25. The van der Waals surface area contributed by atoms with Crippen molar-refractivity contribution in [3.05, 3.63) is 93.5 Å². The summed E-state index contributed by atoms with van der Waals surface area (Å²) in [4.78, 5) is 27.2. The molecule has 0 bridgehead atoms. The van der Waals surface area contributed by atoms with Crippen molar-refractivity contribution in [2.45, 2.75) is 0 Å². The molecule has 0 aliphatic rings. The molecule has 8 nitrogen and oxygen atoms in total. The number of nitrogens with one attached hydrogen (secondary N) is 1. The first kappa shape index (κ1) is 19.3. The Morgan fingerprint density at radius 3 is 2.47 bits per heavy atom. The van der Waals surface area contributed by atoms with Crippen molar-refractivity contribution in [3.8, 4) is 11.1 Å². The summed E-state index contributed by atoms with van der Waals surface area (Å²) < 4.78 is 4.97. The number of rotatable bonds is 5. The van der Waals surface area contributed by atoms with Crippen molar-refractivity contribution in [1.82, 2.24) is 10.4 Å². The highest BCUT2D eigenvalue weighted by atomic mass is 35.5. The van der Waals surface area contributed by atoms with Crippen LogP contribution in [0.15, 0.2) is 76.2 Å². The second-order valence-corrected chi connectivity index (χ2v) is 6.53. The first-order valence-corrected chi connectivity index (χ1v) is 9.13. The molecular weight excluding hydrogens is 408 g/mol. The van der Waals surface area contributed by atoms with Crippen molar-refractivity contribution in [1.29, 1.82) is 0 Å². The molecule has 2 heterocycles. The molecule has 0 aliphatic heterocycles. The van der Waals surface area contributed by atoms with E-state index in [1.54, 1.807) is 0 Å². The van der Waals surface area contributed by atoms with E-state index in [4.69, 9.17) is 16.0 Å². The van der Waals surface area contributed by atoms with Crippen LogP contribution in [0.1, 0.15) is 16.2 Å². The Kier molecular flexibility index (Phi) is 5.23. The smallest absolute Gasteiger partial charge is 0.400 e. The van der Waals surface area contributed by atoms with E-state index >= 15 is 0 Å². The summed E-state index contributed by atoms with van der Waals surface area (Å²) in [5.74, 6) is -0.884. The lowest BCUT2D eigenvalue weighted by atomic mass is 9.97. The number of halogens is 1. The van der Waals surface area contributed by atoms with Gasteiger partial charge in [-0.15, -0.1) is 0 Å². The predicted molar refractivity (Wildman–Crippen MR) is 113 cm³/mol. The van der Waals surface area contributed by atoms with E-state index < -0.39 is 16.7 Å². The maximum absolute atomic E-state index is 12.9. The molecule has 1 N–H and O–H groups in total. The van der Waals surface area contributed by atoms with Gasteiger partial charge in [-0.3, -0.25) is 14.9 Å². The quantitative estimate of drug-likeness (QED) is 0.215. The fraction of sp³-hybridized carbons (Fsp3) is 0. The van der Waals surface area contributed by atoms with E-state index in [2.05, 4.69) is 15.5 Å². The van der Waals surface area contributed by atoms with Crippen LogP contribution in [0.2, 0.25) is 5.15 Å². The van der Waals surface area contributed by atoms with Gasteiger partial charge in [-0.1, -0.05) is 66.2 Å². The number of nitrogens with zero attached hydrogens (tertiary/aromatic N) is 3. The number of furan rings is 1. The third-order valence-corrected chi connectivity index (χ3v) is 4.58. The monoisotopic (exact) mass is 420 g/mol. The molecule has 0 unspecified atom stereocenters. The van der Waals surface area contributed by atoms with Gasteiger partial charge in [-0.2, -0.15) is 5.10 Å². The van der Waals surface area contributed by atoms with Gasteiger partial charge in [0.15, 0.2) is 5.76 Å². The summed E-state index contributed by atoms with van der Waals surface area (Å²) in [6, 6.07) is 19.3. The average molecular weight is 421 g/mol. The second-order valence-electron chi connectivity index (χ2n) is 6.17. The lowest BCUT2D eigenvalue weighted by Gasteiger charge is -2.13. The van der Waals surface area contributed by atoms with Crippen LogP contribution >= 0.6 is 11.6 Å². The SMILES string of the molecule is O=C(N/N=C/c1ccc([N+](=O)[O-])o1)c1nc(Cl)c2ccccc2c1-c1ccccc1. The molecule has 0 saturated heterocycles. The van der Waals surface area contributed by atoms with Crippen molar-refractivity contribution in [2.75, 3.05) is 0 Å². The standard InChI is InChI=1S/C21H13ClN4O4/c22-20-16-9-5-4-8-15(16)18(13-6-2-1-3-7-13)19(24-20)21(27)25-23-12-14-10-11-17(30-14)26(28)29/h1-12H,(H,25,27)/b23-12+. The summed E-state index contributed by atoms with van der Waals surface area (Å²) in [7, 11) is 0. The summed E-state index contributed by atoms with van der Waals surface area (Å²) in [5, 5.41) is 16.2. The van der Waals surface area contributed by atoms with Crippen LogP contribution in [0.3, 0.4) is 0 Å². The highest BCUT2D eigenvalue weighted by molar-refractivity contribution is 6.35. The minimum Gasteiger partial charge on any atom is -0.400 e. The Morgan fingerprint density at radius 2 is 1.77 bits per heavy atom. The Bertz CT molecular complexity index is 1280. The molecule has 0 atom stereocenters. The van der Waals surface area contributed by atoms with E-state index in [9.17, 15) is 14.9 Å². The molecule has 0 aliphatic carbocycles. The minimum absolute atomic E-state index is 0.104. The number of nitro groups is 1. The average Bonchev–Trinajstić information content (AvgIpc) is 3.23. The van der Waals surface area contributed by atoms with Crippen molar-refractivity contribution < 1.29 is 14.1 Å². The zero-order valence-corrected chi connectivity index (χ0v) is 16.0. The topological polar surface area (TPSA) is 111 Å². The van der Waals surface area contributed by atoms with Crippen LogP contribution in [0, 0.1) is 10.1 Å². The third kappa shape index (κ3) is 3.76. The lowest BCUT2D eigenvalue weighted by molar-refractivity contribution is -0.402. The summed E-state index contributed by atoms with van der Waals surface area (Å²) in [5.41, 5.74) is 3.89. The van der Waals surface area contributed by atoms with Crippen LogP contribution in [-0.2, 0) is 0 Å². The van der Waals surface area contributed by atoms with Gasteiger partial charge in [0, 0.05) is 10.9 Å². The van der Waals surface area contributed by atoms with Crippen LogP contribution in [0.25, 0.3) is 21.9 Å². The summed E-state index contributed by atoms with van der Waals surface area (Å²) >= 11 is 6.32. The lowest BCUT2D eigenvalue weighted by Crippen LogP contribution is -2.20. The van der Waals surface area contributed by atoms with E-state index in [1.165, 1.54) is 12.1 Å². The van der Waals surface area contributed by atoms with Gasteiger partial charge in [0.05, 0.1) is 12.3 Å². The Balaban J connectivity index is 1.71. The normalized spacial score (nSPS) is 11.1. The van der Waals surface area contributed by atoms with E-state index in [1.807, 2.05) is 54.6 Å². The first-order valence-electron chi connectivity index (χ1n) is 8.76. The van der Waals surface area contributed by atoms with E-state index in [-0.39, 0.29) is 16.6 Å². The largest absolute Gasteiger partial charge is 0.433 e. The number of fused-ring (bicyclic) bond motifs is 1. The van der Waals surface area contributed by atoms with Crippen molar-refractivity contribution in [2.24, 2.45) is 5.10 Å². The van der Waals surface area contributed by atoms with Gasteiger partial charge < -0.3 is 4.42 Å². The third-order valence-electron chi connectivity index (χ3n) is 4.29. The molecule has 9 heteroatoms. The Hall–Kier alpha value is -4.04. The Morgan fingerprint density at radius 1 is 1.07 bits per heavy atom. The van der Waals surface area contributed by atoms with E-state index in [0.717, 1.165) is 22.6 Å². The van der Waals surface area contributed by atoms with Gasteiger partial charge in [0.2, 0.25) is 0 Å². The van der Waals surface area contributed by atoms with Gasteiger partial charge in [0.25, 0.3) is 5.91 Å². The van der Waals surface area contributed by atoms with Gasteiger partial charge in [0.1, 0.15) is 15.8 Å². The van der Waals surface area contributed by atoms with Crippen LogP contribution in [0.5, 0.6) is 0 Å². The highest BCUT2D eigenvalue weighted by Crippen LogP contribution is 2.34. The molecule has 4 rings (SSSR count). The number of carbonyl (C=O) groups excluding carboxylic acids is 1. The maximum atomic E-state index is 12.9. The van der Waals surface area contributed by atoms with Gasteiger partial charge >= 0.3 is 5.88 Å². The number of pyridine rings is 1. The molecule has 30 heavy (non-hydrogen) atoms. The second kappa shape index (κ2) is 8.14. The van der Waals surface area contributed by atoms with Gasteiger partial charge in [-0.25, -0.2) is 10.4 Å². The Labute approximate surface area is 175 Å². The predicted octanol–water partition coefficient (Wildman–Crippen LogP) is 4.82. The first-order chi connectivity index (χ1) is 14.5. The molecule has 1 amide bonds. The number of hydrazone groups is 1. The molecular formula is C21H13ClN4O4. The number of benzene rings is 2. The fourth-order valence-electron chi connectivity index (χ4n) is 3.00. The molecule has 2 aromatic carbocycles.